The fourth-order valence-electron chi connectivity index (χ4n) is 3.51. The van der Waals surface area contributed by atoms with Crippen LogP contribution in [0.5, 0.6) is 0 Å². The van der Waals surface area contributed by atoms with Crippen molar-refractivity contribution in [2.24, 2.45) is 10.9 Å². The number of nitrogens with one attached hydrogen (secondary N) is 1. The van der Waals surface area contributed by atoms with Crippen LogP contribution in [0.1, 0.15) is 17.5 Å². The van der Waals surface area contributed by atoms with E-state index in [2.05, 4.69) is 46.5 Å². The maximum Gasteiger partial charge on any atom is 0.231 e. The molecule has 2 atom stereocenters. The minimum absolute atomic E-state index is 0.301. The number of pyridine rings is 1. The van der Waals surface area contributed by atoms with E-state index in [0.29, 0.717) is 12.2 Å². The summed E-state index contributed by atoms with van der Waals surface area (Å²) >= 11 is 0. The average Bonchev–Trinajstić information content (AvgIpc) is 3.09. The van der Waals surface area contributed by atoms with Crippen molar-refractivity contribution in [3.63, 3.8) is 0 Å². The molecule has 0 bridgehead atoms. The Morgan fingerprint density at radius 3 is 2.79 bits per heavy atom. The molecule has 1 aromatic carbocycles. The lowest BCUT2D eigenvalue weighted by Gasteiger charge is -2.09. The van der Waals surface area contributed by atoms with Gasteiger partial charge >= 0.3 is 0 Å². The Morgan fingerprint density at radius 2 is 2.04 bits per heavy atom. The summed E-state index contributed by atoms with van der Waals surface area (Å²) in [7, 11) is 0. The predicted molar refractivity (Wildman–Crippen MR) is 108 cm³/mol. The van der Waals surface area contributed by atoms with Crippen molar-refractivity contribution >= 4 is 23.1 Å². The van der Waals surface area contributed by atoms with Gasteiger partial charge in [-0.25, -0.2) is 9.37 Å². The molecule has 5 rings (SSSR count). The van der Waals surface area contributed by atoms with Gasteiger partial charge in [-0.15, -0.1) is 0 Å². The lowest BCUT2D eigenvalue weighted by molar-refractivity contribution is -0.117. The highest BCUT2D eigenvalue weighted by molar-refractivity contribution is 6.10. The highest BCUT2D eigenvalue weighted by Gasteiger charge is 2.43. The van der Waals surface area contributed by atoms with Crippen molar-refractivity contribution in [3.8, 4) is 11.1 Å². The number of anilines is 1. The van der Waals surface area contributed by atoms with Gasteiger partial charge in [0.2, 0.25) is 5.91 Å². The lowest BCUT2D eigenvalue weighted by atomic mass is 9.97. The number of fused-ring (bicyclic) bond motifs is 1. The van der Waals surface area contributed by atoms with E-state index in [4.69, 9.17) is 0 Å². The quantitative estimate of drug-likeness (QED) is 0.751. The summed E-state index contributed by atoms with van der Waals surface area (Å²) in [6, 6.07) is 10.3. The van der Waals surface area contributed by atoms with Crippen molar-refractivity contribution in [1.29, 1.82) is 0 Å². The molecule has 0 saturated heterocycles. The van der Waals surface area contributed by atoms with Gasteiger partial charge in [-0.05, 0) is 54.3 Å². The summed E-state index contributed by atoms with van der Waals surface area (Å²) in [6.07, 6.45) is 7.14. The topological polar surface area (TPSA) is 58.8 Å². The molecule has 0 spiro atoms. The lowest BCUT2D eigenvalue weighted by Crippen LogP contribution is -2.15. The normalized spacial score (nSPS) is 20.4. The molecule has 140 valence electrons. The number of aryl methyl sites for hydroxylation is 1. The first kappa shape index (κ1) is 16.9. The van der Waals surface area contributed by atoms with Crippen LogP contribution >= 0.6 is 0 Å². The van der Waals surface area contributed by atoms with Crippen molar-refractivity contribution in [1.82, 2.24) is 9.38 Å². The van der Waals surface area contributed by atoms with Gasteiger partial charge in [-0.1, -0.05) is 18.2 Å². The van der Waals surface area contributed by atoms with Gasteiger partial charge in [0.1, 0.15) is 11.8 Å². The molecule has 6 heteroatoms. The zero-order valence-corrected chi connectivity index (χ0v) is 15.4. The molecule has 0 radical (unpaired) electrons. The molecule has 1 aliphatic heterocycles. The second-order valence-electron chi connectivity index (χ2n) is 7.31. The van der Waals surface area contributed by atoms with Gasteiger partial charge in [0.05, 0.1) is 24.4 Å². The van der Waals surface area contributed by atoms with Crippen molar-refractivity contribution in [2.75, 3.05) is 11.9 Å². The standard InChI is InChI=1S/C22H19FN4O/c1-13-4-5-14(19-3-2-8-24-19)9-16(13)15-6-7-21-25-20(12-27(21)11-15)26-22(28)17-10-18(17)23/h2-7,9,11-12,17-18H,8,10H2,1H3,(H,26,28)/t17-,18+/m1/s1. The third kappa shape index (κ3) is 3.01. The van der Waals surface area contributed by atoms with Gasteiger partial charge in [0, 0.05) is 11.8 Å². The van der Waals surface area contributed by atoms with Crippen molar-refractivity contribution < 1.29 is 9.18 Å². The van der Waals surface area contributed by atoms with Crippen LogP contribution in [0.15, 0.2) is 59.9 Å². The van der Waals surface area contributed by atoms with E-state index >= 15 is 0 Å². The van der Waals surface area contributed by atoms with E-state index < -0.39 is 12.1 Å². The number of aromatic nitrogens is 2. The minimum Gasteiger partial charge on any atom is -0.309 e. The van der Waals surface area contributed by atoms with Crippen LogP contribution in [0.4, 0.5) is 10.2 Å². The average molecular weight is 374 g/mol. The number of allylic oxidation sites excluding steroid dienone is 1. The van der Waals surface area contributed by atoms with E-state index in [1.165, 1.54) is 5.56 Å². The first-order valence-corrected chi connectivity index (χ1v) is 9.34. The molecular weight excluding hydrogens is 355 g/mol. The van der Waals surface area contributed by atoms with Gasteiger partial charge < -0.3 is 9.72 Å². The number of aliphatic imine (C=N–C) groups is 1. The van der Waals surface area contributed by atoms with Crippen LogP contribution in [0.25, 0.3) is 16.8 Å². The Balaban J connectivity index is 1.47. The number of hydrogen-bond donors (Lipinski definition) is 1. The van der Waals surface area contributed by atoms with Gasteiger partial charge in [0.15, 0.2) is 5.82 Å². The van der Waals surface area contributed by atoms with Crippen LogP contribution in [-0.2, 0) is 4.79 Å². The van der Waals surface area contributed by atoms with Crippen LogP contribution in [-0.4, -0.2) is 33.7 Å². The second-order valence-corrected chi connectivity index (χ2v) is 7.31. The summed E-state index contributed by atoms with van der Waals surface area (Å²) in [5.41, 5.74) is 6.17. The largest absolute Gasteiger partial charge is 0.309 e. The van der Waals surface area contributed by atoms with Crippen LogP contribution in [0.2, 0.25) is 0 Å². The number of rotatable bonds is 4. The highest BCUT2D eigenvalue weighted by Crippen LogP contribution is 2.34. The number of alkyl halides is 1. The first-order valence-electron chi connectivity index (χ1n) is 9.34. The maximum absolute atomic E-state index is 13.1. The van der Waals surface area contributed by atoms with E-state index in [0.717, 1.165) is 34.6 Å². The Labute approximate surface area is 161 Å². The SMILES string of the molecule is Cc1ccc(C2=NCC=C2)cc1-c1ccc2nc(NC(=O)[C@@H]3C[C@@H]3F)cn2c1. The van der Waals surface area contributed by atoms with E-state index in [-0.39, 0.29) is 5.91 Å². The molecule has 0 unspecified atom stereocenters. The molecule has 3 aromatic rings. The molecule has 2 aliphatic rings. The molecule has 1 N–H and O–H groups in total. The number of halogens is 1. The van der Waals surface area contributed by atoms with E-state index in [1.807, 2.05) is 28.8 Å². The number of amides is 1. The molecule has 1 amide bonds. The smallest absolute Gasteiger partial charge is 0.231 e. The zero-order chi connectivity index (χ0) is 19.3. The molecule has 1 aliphatic carbocycles. The van der Waals surface area contributed by atoms with Crippen LogP contribution in [0, 0.1) is 12.8 Å². The highest BCUT2D eigenvalue weighted by atomic mass is 19.1. The molecule has 3 heterocycles. The zero-order valence-electron chi connectivity index (χ0n) is 15.4. The summed E-state index contributed by atoms with van der Waals surface area (Å²) in [6.45, 7) is 2.82. The monoisotopic (exact) mass is 374 g/mol. The third-order valence-electron chi connectivity index (χ3n) is 5.24. The molecule has 2 aromatic heterocycles. The van der Waals surface area contributed by atoms with Gasteiger partial charge in [0.25, 0.3) is 0 Å². The Kier molecular flexibility index (Phi) is 3.86. The summed E-state index contributed by atoms with van der Waals surface area (Å²) in [5, 5.41) is 2.71. The molecule has 1 fully saturated rings. The fraction of sp³-hybridized carbons (Fsp3) is 0.227. The van der Waals surface area contributed by atoms with E-state index in [9.17, 15) is 9.18 Å². The van der Waals surface area contributed by atoms with Crippen LogP contribution in [0.3, 0.4) is 0 Å². The number of imidazole rings is 1. The summed E-state index contributed by atoms with van der Waals surface area (Å²) in [4.78, 5) is 20.8. The maximum atomic E-state index is 13.1. The Bertz CT molecular complexity index is 1160. The minimum atomic E-state index is -1.02. The predicted octanol–water partition coefficient (Wildman–Crippen LogP) is 3.97. The van der Waals surface area contributed by atoms with Gasteiger partial charge in [-0.2, -0.15) is 0 Å². The van der Waals surface area contributed by atoms with Gasteiger partial charge in [-0.3, -0.25) is 9.79 Å². The van der Waals surface area contributed by atoms with Crippen molar-refractivity contribution in [3.05, 3.63) is 66.0 Å². The molecular formula is C22H19FN4O. The molecule has 1 saturated carbocycles. The Morgan fingerprint density at radius 1 is 1.21 bits per heavy atom. The fourth-order valence-corrected chi connectivity index (χ4v) is 3.51. The first-order chi connectivity index (χ1) is 13.6. The summed E-state index contributed by atoms with van der Waals surface area (Å²) in [5.74, 6) is -0.388. The number of carbonyl (C=O) groups excluding carboxylic acids is 1. The number of carbonyl (C=O) groups is 1. The molecule has 5 nitrogen and oxygen atoms in total. The summed E-state index contributed by atoms with van der Waals surface area (Å²) < 4.78 is 14.9. The number of nitrogens with zero attached hydrogens (tertiary/aromatic N) is 3. The number of hydrogen-bond acceptors (Lipinski definition) is 3. The van der Waals surface area contributed by atoms with Crippen molar-refractivity contribution in [2.45, 2.75) is 19.5 Å². The number of benzene rings is 1. The Hall–Kier alpha value is -3.28. The third-order valence-corrected chi connectivity index (χ3v) is 5.24. The van der Waals surface area contributed by atoms with E-state index in [1.54, 1.807) is 6.20 Å². The molecule has 28 heavy (non-hydrogen) atoms. The van der Waals surface area contributed by atoms with Crippen LogP contribution < -0.4 is 5.32 Å². The second kappa shape index (κ2) is 6.41.